The zero-order valence-corrected chi connectivity index (χ0v) is 15.2. The highest BCUT2D eigenvalue weighted by atomic mass is 16.6. The van der Waals surface area contributed by atoms with Gasteiger partial charge >= 0.3 is 0 Å². The maximum absolute atomic E-state index is 12.2. The Hall–Kier alpha value is -3.08. The third kappa shape index (κ3) is 3.94. The van der Waals surface area contributed by atoms with E-state index in [4.69, 9.17) is 9.25 Å². The average Bonchev–Trinajstić information content (AvgIpc) is 3.07. The second-order valence-corrected chi connectivity index (χ2v) is 6.11. The molecule has 0 aliphatic carbocycles. The number of fused-ring (bicyclic) bond motifs is 1. The van der Waals surface area contributed by atoms with Gasteiger partial charge in [-0.25, -0.2) is 0 Å². The van der Waals surface area contributed by atoms with Gasteiger partial charge in [0.25, 0.3) is 5.91 Å². The number of amides is 1. The van der Waals surface area contributed by atoms with Crippen LogP contribution in [0.4, 0.5) is 5.69 Å². The second kappa shape index (κ2) is 7.87. The summed E-state index contributed by atoms with van der Waals surface area (Å²) < 4.78 is 5.72. The Morgan fingerprint density at radius 2 is 2.00 bits per heavy atom. The van der Waals surface area contributed by atoms with Crippen molar-refractivity contribution in [1.82, 2.24) is 0 Å². The molecule has 1 amide bonds. The first-order valence-electron chi connectivity index (χ1n) is 8.62. The van der Waals surface area contributed by atoms with Crippen molar-refractivity contribution in [2.24, 2.45) is 5.16 Å². The monoisotopic (exact) mass is 350 g/mol. The number of carbonyl (C=O) groups excluding carboxylic acids is 1. The van der Waals surface area contributed by atoms with Gasteiger partial charge in [0, 0.05) is 11.1 Å². The maximum Gasteiger partial charge on any atom is 0.265 e. The van der Waals surface area contributed by atoms with Crippen LogP contribution in [0.15, 0.2) is 58.1 Å². The molecule has 1 aromatic heterocycles. The quantitative estimate of drug-likeness (QED) is 0.518. The normalized spacial score (nSPS) is 11.6. The molecule has 3 rings (SSSR count). The van der Waals surface area contributed by atoms with E-state index >= 15 is 0 Å². The molecule has 0 saturated heterocycles. The van der Waals surface area contributed by atoms with E-state index in [1.165, 1.54) is 0 Å². The van der Waals surface area contributed by atoms with E-state index in [-0.39, 0.29) is 12.5 Å². The molecule has 3 aromatic rings. The minimum Gasteiger partial charge on any atom is -0.455 e. The molecule has 0 aliphatic rings. The fraction of sp³-hybridized carbons (Fsp3) is 0.238. The molecule has 0 radical (unpaired) electrons. The molecule has 26 heavy (non-hydrogen) atoms. The number of nitrogens with one attached hydrogen (secondary N) is 1. The summed E-state index contributed by atoms with van der Waals surface area (Å²) in [5.41, 5.74) is 4.35. The summed E-state index contributed by atoms with van der Waals surface area (Å²) in [6, 6.07) is 15.6. The zero-order chi connectivity index (χ0) is 18.5. The SMILES string of the molecule is CCc1cccc(C)c1NC(=O)CON=C(C)c1cc2ccccc2o1. The largest absolute Gasteiger partial charge is 0.455 e. The van der Waals surface area contributed by atoms with Crippen LogP contribution in [0.3, 0.4) is 0 Å². The third-order valence-corrected chi connectivity index (χ3v) is 4.18. The number of benzene rings is 2. The van der Waals surface area contributed by atoms with Gasteiger partial charge in [-0.15, -0.1) is 0 Å². The Labute approximate surface area is 152 Å². The van der Waals surface area contributed by atoms with Crippen LogP contribution in [-0.4, -0.2) is 18.2 Å². The lowest BCUT2D eigenvalue weighted by Gasteiger charge is -2.12. The Balaban J connectivity index is 1.62. The van der Waals surface area contributed by atoms with Gasteiger partial charge in [-0.05, 0) is 43.5 Å². The number of rotatable bonds is 6. The summed E-state index contributed by atoms with van der Waals surface area (Å²) in [7, 11) is 0. The summed E-state index contributed by atoms with van der Waals surface area (Å²) in [6.07, 6.45) is 0.849. The molecule has 0 bridgehead atoms. The van der Waals surface area contributed by atoms with E-state index in [2.05, 4.69) is 17.4 Å². The van der Waals surface area contributed by atoms with Crippen molar-refractivity contribution >= 4 is 28.3 Å². The zero-order valence-electron chi connectivity index (χ0n) is 15.2. The first kappa shape index (κ1) is 17.7. The lowest BCUT2D eigenvalue weighted by molar-refractivity contribution is -0.120. The molecular formula is C21H22N2O3. The second-order valence-electron chi connectivity index (χ2n) is 6.11. The van der Waals surface area contributed by atoms with Crippen molar-refractivity contribution < 1.29 is 14.0 Å². The number of carbonyl (C=O) groups is 1. The molecule has 5 nitrogen and oxygen atoms in total. The first-order valence-corrected chi connectivity index (χ1v) is 8.62. The predicted octanol–water partition coefficient (Wildman–Crippen LogP) is 4.68. The lowest BCUT2D eigenvalue weighted by atomic mass is 10.1. The number of hydrogen-bond donors (Lipinski definition) is 1. The van der Waals surface area contributed by atoms with Gasteiger partial charge in [0.2, 0.25) is 0 Å². The van der Waals surface area contributed by atoms with Crippen molar-refractivity contribution in [1.29, 1.82) is 0 Å². The topological polar surface area (TPSA) is 63.8 Å². The van der Waals surface area contributed by atoms with E-state index in [1.54, 1.807) is 6.92 Å². The van der Waals surface area contributed by atoms with E-state index in [0.717, 1.165) is 34.2 Å². The molecule has 134 valence electrons. The number of nitrogens with zero attached hydrogens (tertiary/aromatic N) is 1. The third-order valence-electron chi connectivity index (χ3n) is 4.18. The van der Waals surface area contributed by atoms with Crippen LogP contribution in [0.25, 0.3) is 11.0 Å². The van der Waals surface area contributed by atoms with Gasteiger partial charge in [0.1, 0.15) is 11.3 Å². The van der Waals surface area contributed by atoms with Crippen LogP contribution >= 0.6 is 0 Å². The number of anilines is 1. The van der Waals surface area contributed by atoms with Crippen molar-refractivity contribution in [2.45, 2.75) is 27.2 Å². The highest BCUT2D eigenvalue weighted by Crippen LogP contribution is 2.21. The van der Waals surface area contributed by atoms with Crippen molar-refractivity contribution in [3.8, 4) is 0 Å². The number of hydrogen-bond acceptors (Lipinski definition) is 4. The number of para-hydroxylation sites is 2. The fourth-order valence-electron chi connectivity index (χ4n) is 2.77. The van der Waals surface area contributed by atoms with Crippen molar-refractivity contribution in [3.63, 3.8) is 0 Å². The smallest absolute Gasteiger partial charge is 0.265 e. The Kier molecular flexibility index (Phi) is 5.37. The fourth-order valence-corrected chi connectivity index (χ4v) is 2.77. The molecule has 0 saturated carbocycles. The summed E-state index contributed by atoms with van der Waals surface area (Å²) in [5, 5.41) is 7.91. The average molecular weight is 350 g/mol. The number of furan rings is 1. The van der Waals surface area contributed by atoms with Gasteiger partial charge in [0.05, 0.1) is 0 Å². The lowest BCUT2D eigenvalue weighted by Crippen LogP contribution is -2.19. The summed E-state index contributed by atoms with van der Waals surface area (Å²) in [5.74, 6) is 0.383. The van der Waals surface area contributed by atoms with Crippen LogP contribution in [0.1, 0.15) is 30.7 Å². The molecule has 0 fully saturated rings. The van der Waals surface area contributed by atoms with Crippen LogP contribution in [0.5, 0.6) is 0 Å². The molecule has 0 spiro atoms. The Bertz CT molecular complexity index is 924. The van der Waals surface area contributed by atoms with Gasteiger partial charge in [-0.3, -0.25) is 4.79 Å². The van der Waals surface area contributed by atoms with E-state index < -0.39 is 0 Å². The minimum absolute atomic E-state index is 0.158. The van der Waals surface area contributed by atoms with E-state index in [0.29, 0.717) is 11.5 Å². The Morgan fingerprint density at radius 1 is 1.19 bits per heavy atom. The molecule has 0 atom stereocenters. The molecule has 5 heteroatoms. The Morgan fingerprint density at radius 3 is 2.77 bits per heavy atom. The molecule has 0 aliphatic heterocycles. The van der Waals surface area contributed by atoms with Crippen molar-refractivity contribution in [3.05, 3.63) is 65.4 Å². The summed E-state index contributed by atoms with van der Waals surface area (Å²) in [4.78, 5) is 17.4. The summed E-state index contributed by atoms with van der Waals surface area (Å²) in [6.45, 7) is 5.66. The first-order chi connectivity index (χ1) is 12.6. The van der Waals surface area contributed by atoms with E-state index in [1.807, 2.05) is 55.5 Å². The number of oxime groups is 1. The van der Waals surface area contributed by atoms with Crippen LogP contribution in [0.2, 0.25) is 0 Å². The van der Waals surface area contributed by atoms with Gasteiger partial charge in [-0.2, -0.15) is 0 Å². The highest BCUT2D eigenvalue weighted by Gasteiger charge is 2.10. The van der Waals surface area contributed by atoms with Crippen molar-refractivity contribution in [2.75, 3.05) is 11.9 Å². The van der Waals surface area contributed by atoms with E-state index in [9.17, 15) is 4.79 Å². The van der Waals surface area contributed by atoms with Gasteiger partial charge in [0.15, 0.2) is 12.4 Å². The molecule has 1 heterocycles. The highest BCUT2D eigenvalue weighted by molar-refractivity contribution is 5.99. The van der Waals surface area contributed by atoms with Crippen LogP contribution in [-0.2, 0) is 16.1 Å². The van der Waals surface area contributed by atoms with Crippen LogP contribution < -0.4 is 5.32 Å². The van der Waals surface area contributed by atoms with Gasteiger partial charge in [-0.1, -0.05) is 48.5 Å². The standard InChI is InChI=1S/C21H22N2O3/c1-4-16-10-7-8-14(2)21(16)22-20(24)13-25-23-15(3)19-12-17-9-5-6-11-18(17)26-19/h5-12H,4,13H2,1-3H3,(H,22,24). The molecule has 1 N–H and O–H groups in total. The maximum atomic E-state index is 12.2. The summed E-state index contributed by atoms with van der Waals surface area (Å²) >= 11 is 0. The molecular weight excluding hydrogens is 328 g/mol. The van der Waals surface area contributed by atoms with Gasteiger partial charge < -0.3 is 14.6 Å². The molecule has 2 aromatic carbocycles. The van der Waals surface area contributed by atoms with Crippen LogP contribution in [0, 0.1) is 6.92 Å². The molecule has 0 unspecified atom stereocenters. The predicted molar refractivity (Wildman–Crippen MR) is 104 cm³/mol. The minimum atomic E-state index is -0.241. The number of aryl methyl sites for hydroxylation is 2.